The molecule has 1 atom stereocenters. The van der Waals surface area contributed by atoms with Gasteiger partial charge < -0.3 is 9.67 Å². The van der Waals surface area contributed by atoms with Gasteiger partial charge >= 0.3 is 0 Å². The van der Waals surface area contributed by atoms with Crippen LogP contribution >= 0.6 is 0 Å². The van der Waals surface area contributed by atoms with Gasteiger partial charge in [0.25, 0.3) is 0 Å². The van der Waals surface area contributed by atoms with Crippen LogP contribution in [0.25, 0.3) is 0 Å². The average molecular weight is 275 g/mol. The molecule has 1 aliphatic rings. The van der Waals surface area contributed by atoms with Gasteiger partial charge in [-0.25, -0.2) is 9.37 Å². The summed E-state index contributed by atoms with van der Waals surface area (Å²) in [4.78, 5) is 6.57. The van der Waals surface area contributed by atoms with Crippen molar-refractivity contribution in [2.75, 3.05) is 13.1 Å². The van der Waals surface area contributed by atoms with E-state index in [9.17, 15) is 9.50 Å². The summed E-state index contributed by atoms with van der Waals surface area (Å²) in [6.07, 6.45) is 2.19. The van der Waals surface area contributed by atoms with Crippen molar-refractivity contribution in [3.63, 3.8) is 0 Å². The molecule has 5 heteroatoms. The highest BCUT2D eigenvalue weighted by Gasteiger charge is 2.22. The van der Waals surface area contributed by atoms with Crippen LogP contribution in [0.5, 0.6) is 0 Å². The molecule has 3 rings (SSSR count). The molecule has 0 saturated carbocycles. The number of imidazole rings is 1. The number of benzene rings is 1. The average Bonchev–Trinajstić information content (AvgIpc) is 2.81. The van der Waals surface area contributed by atoms with Crippen LogP contribution in [0.15, 0.2) is 30.6 Å². The quantitative estimate of drug-likeness (QED) is 0.926. The Kier molecular flexibility index (Phi) is 3.54. The Morgan fingerprint density at radius 2 is 2.10 bits per heavy atom. The lowest BCUT2D eigenvalue weighted by atomic mass is 10.1. The molecule has 20 heavy (non-hydrogen) atoms. The smallest absolute Gasteiger partial charge is 0.123 e. The number of rotatable bonds is 3. The predicted octanol–water partition coefficient (Wildman–Crippen LogP) is 1.65. The van der Waals surface area contributed by atoms with Gasteiger partial charge in [0, 0.05) is 38.8 Å². The Morgan fingerprint density at radius 3 is 2.85 bits per heavy atom. The molecule has 1 aromatic carbocycles. The van der Waals surface area contributed by atoms with E-state index >= 15 is 0 Å². The molecule has 4 nitrogen and oxygen atoms in total. The van der Waals surface area contributed by atoms with Crippen LogP contribution in [0.2, 0.25) is 0 Å². The van der Waals surface area contributed by atoms with E-state index < -0.39 is 6.10 Å². The number of hydrogen-bond donors (Lipinski definition) is 1. The monoisotopic (exact) mass is 275 g/mol. The SMILES string of the molecule is Cn1cnc2c1CCN(C[C@@H](O)c1ccc(F)cc1)C2. The summed E-state index contributed by atoms with van der Waals surface area (Å²) >= 11 is 0. The number of aliphatic hydroxyl groups excluding tert-OH is 1. The number of hydrogen-bond acceptors (Lipinski definition) is 3. The highest BCUT2D eigenvalue weighted by Crippen LogP contribution is 2.21. The standard InChI is InChI=1S/C15H18FN3O/c1-18-10-17-13-8-19(7-6-14(13)18)9-15(20)11-2-4-12(16)5-3-11/h2-5,10,15,20H,6-9H2,1H3/t15-/m1/s1. The first kappa shape index (κ1) is 13.3. The van der Waals surface area contributed by atoms with Crippen molar-refractivity contribution in [2.24, 2.45) is 7.05 Å². The molecule has 1 aromatic heterocycles. The highest BCUT2D eigenvalue weighted by atomic mass is 19.1. The van der Waals surface area contributed by atoms with Crippen molar-refractivity contribution in [1.29, 1.82) is 0 Å². The molecule has 0 aliphatic carbocycles. The van der Waals surface area contributed by atoms with E-state index in [2.05, 4.69) is 14.5 Å². The molecule has 1 N–H and O–H groups in total. The molecule has 2 aromatic rings. The maximum atomic E-state index is 12.9. The van der Waals surface area contributed by atoms with Crippen molar-refractivity contribution in [1.82, 2.24) is 14.5 Å². The molecule has 2 heterocycles. The van der Waals surface area contributed by atoms with Gasteiger partial charge in [-0.15, -0.1) is 0 Å². The molecular formula is C15H18FN3O. The van der Waals surface area contributed by atoms with Crippen molar-refractivity contribution in [2.45, 2.75) is 19.1 Å². The fourth-order valence-electron chi connectivity index (χ4n) is 2.70. The van der Waals surface area contributed by atoms with E-state index in [-0.39, 0.29) is 5.82 Å². The maximum Gasteiger partial charge on any atom is 0.123 e. The van der Waals surface area contributed by atoms with Gasteiger partial charge in [0.15, 0.2) is 0 Å². The van der Waals surface area contributed by atoms with Crippen LogP contribution in [0.3, 0.4) is 0 Å². The third-order valence-electron chi connectivity index (χ3n) is 3.87. The summed E-state index contributed by atoms with van der Waals surface area (Å²) in [5.74, 6) is -0.281. The fourth-order valence-corrected chi connectivity index (χ4v) is 2.70. The van der Waals surface area contributed by atoms with E-state index in [1.54, 1.807) is 12.1 Å². The molecule has 0 amide bonds. The molecular weight excluding hydrogens is 257 g/mol. The molecule has 0 bridgehead atoms. The summed E-state index contributed by atoms with van der Waals surface area (Å²) in [7, 11) is 2.01. The van der Waals surface area contributed by atoms with E-state index in [4.69, 9.17) is 0 Å². The number of nitrogens with zero attached hydrogens (tertiary/aromatic N) is 3. The van der Waals surface area contributed by atoms with Gasteiger partial charge in [0.2, 0.25) is 0 Å². The summed E-state index contributed by atoms with van der Waals surface area (Å²) in [6, 6.07) is 6.03. The Balaban J connectivity index is 1.66. The van der Waals surface area contributed by atoms with Gasteiger partial charge in [0.1, 0.15) is 5.82 Å². The molecule has 0 fully saturated rings. The Hall–Kier alpha value is -1.72. The molecule has 0 spiro atoms. The summed E-state index contributed by atoms with van der Waals surface area (Å²) in [6.45, 7) is 2.21. The lowest BCUT2D eigenvalue weighted by molar-refractivity contribution is 0.104. The second kappa shape index (κ2) is 5.34. The number of aryl methyl sites for hydroxylation is 1. The number of aromatic nitrogens is 2. The zero-order chi connectivity index (χ0) is 14.1. The third kappa shape index (κ3) is 2.59. The predicted molar refractivity (Wildman–Crippen MR) is 73.5 cm³/mol. The van der Waals surface area contributed by atoms with Crippen molar-refractivity contribution < 1.29 is 9.50 Å². The third-order valence-corrected chi connectivity index (χ3v) is 3.87. The summed E-state index contributed by atoms with van der Waals surface area (Å²) in [5.41, 5.74) is 3.11. The van der Waals surface area contributed by atoms with Crippen LogP contribution < -0.4 is 0 Å². The van der Waals surface area contributed by atoms with Crippen LogP contribution in [0.1, 0.15) is 23.1 Å². The van der Waals surface area contributed by atoms with Crippen LogP contribution in [0.4, 0.5) is 4.39 Å². The van der Waals surface area contributed by atoms with Gasteiger partial charge in [-0.2, -0.15) is 0 Å². The van der Waals surface area contributed by atoms with Crippen LogP contribution in [-0.4, -0.2) is 32.6 Å². The maximum absolute atomic E-state index is 12.9. The number of β-amino-alcohol motifs (C(OH)–C–C–N with tert-alkyl or cyclic N) is 1. The van der Waals surface area contributed by atoms with Gasteiger partial charge in [-0.1, -0.05) is 12.1 Å². The summed E-state index contributed by atoms with van der Waals surface area (Å²) < 4.78 is 14.9. The van der Waals surface area contributed by atoms with Gasteiger partial charge in [-0.3, -0.25) is 4.90 Å². The first-order chi connectivity index (χ1) is 9.63. The van der Waals surface area contributed by atoms with E-state index in [1.807, 2.05) is 13.4 Å². The lowest BCUT2D eigenvalue weighted by Gasteiger charge is -2.28. The first-order valence-corrected chi connectivity index (χ1v) is 6.78. The van der Waals surface area contributed by atoms with Crippen LogP contribution in [-0.2, 0) is 20.0 Å². The molecule has 106 valence electrons. The molecule has 0 radical (unpaired) electrons. The minimum Gasteiger partial charge on any atom is -0.387 e. The minimum absolute atomic E-state index is 0.281. The zero-order valence-electron chi connectivity index (χ0n) is 11.5. The fraction of sp³-hybridized carbons (Fsp3) is 0.400. The van der Waals surface area contributed by atoms with Crippen LogP contribution in [0, 0.1) is 5.82 Å². The van der Waals surface area contributed by atoms with E-state index in [1.165, 1.54) is 17.8 Å². The second-order valence-electron chi connectivity index (χ2n) is 5.30. The highest BCUT2D eigenvalue weighted by molar-refractivity contribution is 5.20. The minimum atomic E-state index is -0.596. The molecule has 1 aliphatic heterocycles. The van der Waals surface area contributed by atoms with Crippen molar-refractivity contribution >= 4 is 0 Å². The number of fused-ring (bicyclic) bond motifs is 1. The topological polar surface area (TPSA) is 41.3 Å². The Morgan fingerprint density at radius 1 is 1.35 bits per heavy atom. The lowest BCUT2D eigenvalue weighted by Crippen LogP contribution is -2.34. The normalized spacial score (nSPS) is 16.9. The van der Waals surface area contributed by atoms with Crippen molar-refractivity contribution in [3.05, 3.63) is 53.4 Å². The van der Waals surface area contributed by atoms with Gasteiger partial charge in [0.05, 0.1) is 18.1 Å². The number of aliphatic hydroxyl groups is 1. The van der Waals surface area contributed by atoms with Crippen molar-refractivity contribution in [3.8, 4) is 0 Å². The Labute approximate surface area is 117 Å². The van der Waals surface area contributed by atoms with Gasteiger partial charge in [-0.05, 0) is 17.7 Å². The Bertz CT molecular complexity index is 594. The largest absolute Gasteiger partial charge is 0.387 e. The summed E-state index contributed by atoms with van der Waals surface area (Å²) in [5, 5.41) is 10.2. The number of halogens is 1. The second-order valence-corrected chi connectivity index (χ2v) is 5.30. The molecule has 0 saturated heterocycles. The van der Waals surface area contributed by atoms with E-state index in [0.717, 1.165) is 30.8 Å². The zero-order valence-corrected chi connectivity index (χ0v) is 11.5. The first-order valence-electron chi connectivity index (χ1n) is 6.78. The van der Waals surface area contributed by atoms with E-state index in [0.29, 0.717) is 6.54 Å². The molecule has 0 unspecified atom stereocenters.